The molecule has 1 heterocycles. The summed E-state index contributed by atoms with van der Waals surface area (Å²) < 4.78 is 10.9. The van der Waals surface area contributed by atoms with Gasteiger partial charge in [-0.3, -0.25) is 0 Å². The molecule has 0 atom stereocenters. The SMILES string of the molecule is NC(=NO)c1nccnc1OCCOc1ccccc1. The van der Waals surface area contributed by atoms with E-state index in [0.29, 0.717) is 6.61 Å². The molecule has 3 N–H and O–H groups in total. The molecule has 0 fully saturated rings. The van der Waals surface area contributed by atoms with Crippen LogP contribution in [0.2, 0.25) is 0 Å². The van der Waals surface area contributed by atoms with E-state index in [-0.39, 0.29) is 24.0 Å². The Morgan fingerprint density at radius 2 is 1.80 bits per heavy atom. The van der Waals surface area contributed by atoms with Crippen molar-refractivity contribution in [2.75, 3.05) is 13.2 Å². The summed E-state index contributed by atoms with van der Waals surface area (Å²) in [7, 11) is 0. The zero-order valence-corrected chi connectivity index (χ0v) is 10.6. The van der Waals surface area contributed by atoms with Gasteiger partial charge in [0.25, 0.3) is 0 Å². The largest absolute Gasteiger partial charge is 0.490 e. The Morgan fingerprint density at radius 1 is 1.10 bits per heavy atom. The Labute approximate surface area is 115 Å². The molecule has 7 heteroatoms. The average molecular weight is 274 g/mol. The fraction of sp³-hybridized carbons (Fsp3) is 0.154. The molecular formula is C13H14N4O3. The van der Waals surface area contributed by atoms with Crippen LogP contribution in [-0.4, -0.2) is 34.2 Å². The lowest BCUT2D eigenvalue weighted by Crippen LogP contribution is -2.19. The van der Waals surface area contributed by atoms with Gasteiger partial charge in [0.2, 0.25) is 5.88 Å². The number of aromatic nitrogens is 2. The molecule has 2 aromatic rings. The van der Waals surface area contributed by atoms with Crippen LogP contribution in [-0.2, 0) is 0 Å². The number of hydrogen-bond acceptors (Lipinski definition) is 6. The number of nitrogens with two attached hydrogens (primary N) is 1. The third kappa shape index (κ3) is 3.58. The second kappa shape index (κ2) is 6.93. The third-order valence-corrected chi connectivity index (χ3v) is 2.35. The van der Waals surface area contributed by atoms with Crippen molar-refractivity contribution in [2.24, 2.45) is 10.9 Å². The average Bonchev–Trinajstić information content (AvgIpc) is 2.52. The number of hydrogen-bond donors (Lipinski definition) is 2. The van der Waals surface area contributed by atoms with E-state index in [0.717, 1.165) is 5.75 Å². The molecule has 0 saturated heterocycles. The molecule has 0 amide bonds. The number of benzene rings is 1. The molecule has 2 rings (SSSR count). The summed E-state index contributed by atoms with van der Waals surface area (Å²) >= 11 is 0. The molecule has 0 radical (unpaired) electrons. The maximum Gasteiger partial charge on any atom is 0.244 e. The second-order valence-electron chi connectivity index (χ2n) is 3.71. The highest BCUT2D eigenvalue weighted by Gasteiger charge is 2.10. The van der Waals surface area contributed by atoms with Gasteiger partial charge < -0.3 is 20.4 Å². The van der Waals surface area contributed by atoms with E-state index >= 15 is 0 Å². The maximum absolute atomic E-state index is 8.65. The van der Waals surface area contributed by atoms with Gasteiger partial charge in [-0.15, -0.1) is 0 Å². The summed E-state index contributed by atoms with van der Waals surface area (Å²) in [5.41, 5.74) is 5.67. The number of nitrogens with zero attached hydrogens (tertiary/aromatic N) is 3. The summed E-state index contributed by atoms with van der Waals surface area (Å²) in [6.07, 6.45) is 2.89. The summed E-state index contributed by atoms with van der Waals surface area (Å²) in [6.45, 7) is 0.607. The minimum atomic E-state index is -0.155. The Hall–Kier alpha value is -2.83. The Bertz CT molecular complexity index is 575. The first-order chi connectivity index (χ1) is 9.81. The molecular weight excluding hydrogens is 260 g/mol. The quantitative estimate of drug-likeness (QED) is 0.268. The topological polar surface area (TPSA) is 103 Å². The normalized spacial score (nSPS) is 11.1. The lowest BCUT2D eigenvalue weighted by Gasteiger charge is -2.09. The van der Waals surface area contributed by atoms with Crippen LogP contribution >= 0.6 is 0 Å². The van der Waals surface area contributed by atoms with E-state index in [1.54, 1.807) is 0 Å². The monoisotopic (exact) mass is 274 g/mol. The van der Waals surface area contributed by atoms with Crippen LogP contribution in [0.15, 0.2) is 47.9 Å². The van der Waals surface area contributed by atoms with Gasteiger partial charge in [0.05, 0.1) is 0 Å². The smallest absolute Gasteiger partial charge is 0.244 e. The van der Waals surface area contributed by atoms with Gasteiger partial charge >= 0.3 is 0 Å². The second-order valence-corrected chi connectivity index (χ2v) is 3.71. The van der Waals surface area contributed by atoms with Crippen molar-refractivity contribution < 1.29 is 14.7 Å². The van der Waals surface area contributed by atoms with Gasteiger partial charge in [-0.2, -0.15) is 0 Å². The van der Waals surface area contributed by atoms with Crippen molar-refractivity contribution in [3.05, 3.63) is 48.4 Å². The minimum Gasteiger partial charge on any atom is -0.490 e. The van der Waals surface area contributed by atoms with Crippen molar-refractivity contribution in [1.29, 1.82) is 0 Å². The van der Waals surface area contributed by atoms with Gasteiger partial charge in [0, 0.05) is 12.4 Å². The maximum atomic E-state index is 8.65. The highest BCUT2D eigenvalue weighted by atomic mass is 16.5. The summed E-state index contributed by atoms with van der Waals surface area (Å²) in [4.78, 5) is 7.92. The van der Waals surface area contributed by atoms with E-state index in [1.807, 2.05) is 30.3 Å². The van der Waals surface area contributed by atoms with Gasteiger partial charge in [-0.05, 0) is 12.1 Å². The van der Waals surface area contributed by atoms with Crippen molar-refractivity contribution >= 4 is 5.84 Å². The van der Waals surface area contributed by atoms with Crippen LogP contribution in [0.1, 0.15) is 5.69 Å². The molecule has 1 aromatic carbocycles. The first kappa shape index (κ1) is 13.6. The predicted molar refractivity (Wildman–Crippen MR) is 72.0 cm³/mol. The van der Waals surface area contributed by atoms with Crippen LogP contribution in [0, 0.1) is 0 Å². The van der Waals surface area contributed by atoms with E-state index in [4.69, 9.17) is 20.4 Å². The number of para-hydroxylation sites is 1. The molecule has 0 aliphatic carbocycles. The first-order valence-corrected chi connectivity index (χ1v) is 5.91. The highest BCUT2D eigenvalue weighted by Crippen LogP contribution is 2.11. The van der Waals surface area contributed by atoms with Gasteiger partial charge in [0.15, 0.2) is 11.5 Å². The molecule has 104 valence electrons. The number of oxime groups is 1. The molecule has 0 bridgehead atoms. The summed E-state index contributed by atoms with van der Waals surface area (Å²) in [6, 6.07) is 9.38. The lowest BCUT2D eigenvalue weighted by atomic mass is 10.3. The van der Waals surface area contributed by atoms with E-state index in [1.165, 1.54) is 12.4 Å². The predicted octanol–water partition coefficient (Wildman–Crippen LogP) is 1.03. The Balaban J connectivity index is 1.88. The number of rotatable bonds is 6. The zero-order chi connectivity index (χ0) is 14.2. The summed E-state index contributed by atoms with van der Waals surface area (Å²) in [5, 5.41) is 11.5. The van der Waals surface area contributed by atoms with E-state index in [2.05, 4.69) is 15.1 Å². The molecule has 7 nitrogen and oxygen atoms in total. The molecule has 0 spiro atoms. The van der Waals surface area contributed by atoms with Crippen molar-refractivity contribution in [3.8, 4) is 11.6 Å². The number of ether oxygens (including phenoxy) is 2. The van der Waals surface area contributed by atoms with Gasteiger partial charge in [0.1, 0.15) is 19.0 Å². The van der Waals surface area contributed by atoms with Crippen molar-refractivity contribution in [1.82, 2.24) is 9.97 Å². The lowest BCUT2D eigenvalue weighted by molar-refractivity contribution is 0.211. The minimum absolute atomic E-state index is 0.155. The molecule has 0 aliphatic rings. The Morgan fingerprint density at radius 3 is 2.55 bits per heavy atom. The first-order valence-electron chi connectivity index (χ1n) is 5.91. The van der Waals surface area contributed by atoms with Crippen LogP contribution in [0.3, 0.4) is 0 Å². The molecule has 0 unspecified atom stereocenters. The fourth-order valence-corrected chi connectivity index (χ4v) is 1.47. The van der Waals surface area contributed by atoms with Crippen molar-refractivity contribution in [2.45, 2.75) is 0 Å². The molecule has 20 heavy (non-hydrogen) atoms. The van der Waals surface area contributed by atoms with E-state index < -0.39 is 0 Å². The molecule has 0 saturated carbocycles. The van der Waals surface area contributed by atoms with E-state index in [9.17, 15) is 0 Å². The third-order valence-electron chi connectivity index (χ3n) is 2.35. The van der Waals surface area contributed by atoms with Crippen LogP contribution in [0.5, 0.6) is 11.6 Å². The summed E-state index contributed by atoms with van der Waals surface area (Å²) in [5.74, 6) is 0.795. The standard InChI is InChI=1S/C13H14N4O3/c14-12(17-18)11-13(16-7-6-15-11)20-9-8-19-10-4-2-1-3-5-10/h1-7,18H,8-9H2,(H2,14,17). The molecule has 0 aliphatic heterocycles. The molecule has 1 aromatic heterocycles. The van der Waals surface area contributed by atoms with Crippen molar-refractivity contribution in [3.63, 3.8) is 0 Å². The van der Waals surface area contributed by atoms with Gasteiger partial charge in [-0.25, -0.2) is 9.97 Å². The fourth-order valence-electron chi connectivity index (χ4n) is 1.47. The number of amidine groups is 1. The van der Waals surface area contributed by atoms with Crippen LogP contribution < -0.4 is 15.2 Å². The van der Waals surface area contributed by atoms with Crippen LogP contribution in [0.4, 0.5) is 0 Å². The van der Waals surface area contributed by atoms with Crippen LogP contribution in [0.25, 0.3) is 0 Å². The zero-order valence-electron chi connectivity index (χ0n) is 10.6. The van der Waals surface area contributed by atoms with Gasteiger partial charge in [-0.1, -0.05) is 23.4 Å². The highest BCUT2D eigenvalue weighted by molar-refractivity contribution is 5.97. The Kier molecular flexibility index (Phi) is 4.71.